The van der Waals surface area contributed by atoms with Gasteiger partial charge in [-0.25, -0.2) is 9.37 Å². The van der Waals surface area contributed by atoms with E-state index in [2.05, 4.69) is 4.98 Å². The highest BCUT2D eigenvalue weighted by atomic mass is 19.1. The summed E-state index contributed by atoms with van der Waals surface area (Å²) in [5, 5.41) is 8.84. The van der Waals surface area contributed by atoms with Crippen LogP contribution in [0, 0.1) is 17.1 Å². The van der Waals surface area contributed by atoms with Crippen molar-refractivity contribution in [2.24, 2.45) is 0 Å². The first kappa shape index (κ1) is 13.1. The summed E-state index contributed by atoms with van der Waals surface area (Å²) in [6.07, 6.45) is 0.661. The smallest absolute Gasteiger partial charge is 0.148 e. The molecule has 0 atom stereocenters. The standard InChI is InChI=1S/C16H13FN4/c1-2-16-20-13-8-11(19)4-6-15(13)21(16)14-5-3-10(9-18)7-12(14)17/h3-8H,2,19H2,1H3. The Balaban J connectivity index is 2.31. The molecule has 0 saturated carbocycles. The second-order valence-electron chi connectivity index (χ2n) is 4.74. The van der Waals surface area contributed by atoms with E-state index in [4.69, 9.17) is 11.0 Å². The van der Waals surface area contributed by atoms with E-state index in [1.165, 1.54) is 6.07 Å². The first-order valence-corrected chi connectivity index (χ1v) is 6.61. The number of rotatable bonds is 2. The van der Waals surface area contributed by atoms with Gasteiger partial charge in [-0.1, -0.05) is 6.92 Å². The van der Waals surface area contributed by atoms with Crippen LogP contribution in [0.25, 0.3) is 16.7 Å². The number of nitrogens with zero attached hydrogens (tertiary/aromatic N) is 3. The van der Waals surface area contributed by atoms with E-state index in [-0.39, 0.29) is 0 Å². The molecule has 21 heavy (non-hydrogen) atoms. The van der Waals surface area contributed by atoms with E-state index in [1.807, 2.05) is 19.1 Å². The third-order valence-corrected chi connectivity index (χ3v) is 3.38. The summed E-state index contributed by atoms with van der Waals surface area (Å²) < 4.78 is 16.1. The molecule has 1 aromatic heterocycles. The third-order valence-electron chi connectivity index (χ3n) is 3.38. The van der Waals surface area contributed by atoms with Crippen LogP contribution < -0.4 is 5.73 Å². The molecular weight excluding hydrogens is 267 g/mol. The molecule has 0 unspecified atom stereocenters. The molecule has 0 aliphatic heterocycles. The number of anilines is 1. The average Bonchev–Trinajstić information content (AvgIpc) is 2.84. The third kappa shape index (κ3) is 2.11. The first-order chi connectivity index (χ1) is 10.1. The normalized spacial score (nSPS) is 10.7. The van der Waals surface area contributed by atoms with Crippen molar-refractivity contribution in [1.82, 2.24) is 9.55 Å². The number of imidazole rings is 1. The fraction of sp³-hybridized carbons (Fsp3) is 0.125. The Morgan fingerprint density at radius 2 is 2.10 bits per heavy atom. The summed E-state index contributed by atoms with van der Waals surface area (Å²) in [6, 6.07) is 11.7. The molecule has 1 heterocycles. The molecule has 0 fully saturated rings. The molecule has 3 rings (SSSR count). The van der Waals surface area contributed by atoms with Crippen LogP contribution in [0.4, 0.5) is 10.1 Å². The van der Waals surface area contributed by atoms with Gasteiger partial charge in [0, 0.05) is 12.1 Å². The maximum Gasteiger partial charge on any atom is 0.148 e. The summed E-state index contributed by atoms with van der Waals surface area (Å²) >= 11 is 0. The Labute approximate surface area is 121 Å². The highest BCUT2D eigenvalue weighted by molar-refractivity contribution is 5.81. The minimum atomic E-state index is -0.445. The lowest BCUT2D eigenvalue weighted by Gasteiger charge is -2.09. The van der Waals surface area contributed by atoms with Crippen molar-refractivity contribution in [3.63, 3.8) is 0 Å². The Morgan fingerprint density at radius 3 is 2.76 bits per heavy atom. The predicted octanol–water partition coefficient (Wildman–Crippen LogP) is 3.18. The number of nitrogens with two attached hydrogens (primary N) is 1. The Hall–Kier alpha value is -2.87. The zero-order chi connectivity index (χ0) is 15.0. The number of hydrogen-bond acceptors (Lipinski definition) is 3. The Kier molecular flexibility index (Phi) is 3.07. The molecule has 0 bridgehead atoms. The minimum Gasteiger partial charge on any atom is -0.399 e. The van der Waals surface area contributed by atoms with E-state index < -0.39 is 5.82 Å². The number of benzene rings is 2. The molecule has 0 spiro atoms. The zero-order valence-electron chi connectivity index (χ0n) is 11.5. The van der Waals surface area contributed by atoms with Gasteiger partial charge in [-0.05, 0) is 36.4 Å². The minimum absolute atomic E-state index is 0.294. The van der Waals surface area contributed by atoms with E-state index in [0.29, 0.717) is 23.4 Å². The van der Waals surface area contributed by atoms with Crippen molar-refractivity contribution in [3.05, 3.63) is 53.6 Å². The van der Waals surface area contributed by atoms with Crippen LogP contribution in [0.1, 0.15) is 18.3 Å². The van der Waals surface area contributed by atoms with Crippen molar-refractivity contribution in [2.45, 2.75) is 13.3 Å². The number of nitriles is 1. The number of hydrogen-bond donors (Lipinski definition) is 1. The maximum absolute atomic E-state index is 14.3. The lowest BCUT2D eigenvalue weighted by molar-refractivity contribution is 0.616. The van der Waals surface area contributed by atoms with Gasteiger partial charge >= 0.3 is 0 Å². The zero-order valence-corrected chi connectivity index (χ0v) is 11.5. The quantitative estimate of drug-likeness (QED) is 0.733. The van der Waals surface area contributed by atoms with Crippen molar-refractivity contribution >= 4 is 16.7 Å². The van der Waals surface area contributed by atoms with Crippen LogP contribution in [-0.2, 0) is 6.42 Å². The van der Waals surface area contributed by atoms with Gasteiger partial charge in [-0.15, -0.1) is 0 Å². The van der Waals surface area contributed by atoms with Crippen LogP contribution in [0.2, 0.25) is 0 Å². The van der Waals surface area contributed by atoms with Crippen LogP contribution >= 0.6 is 0 Å². The van der Waals surface area contributed by atoms with Crippen LogP contribution in [0.15, 0.2) is 36.4 Å². The molecule has 0 aliphatic rings. The highest BCUT2D eigenvalue weighted by Gasteiger charge is 2.14. The summed E-state index contributed by atoms with van der Waals surface area (Å²) in [6.45, 7) is 1.96. The Morgan fingerprint density at radius 1 is 1.29 bits per heavy atom. The second kappa shape index (κ2) is 4.91. The molecule has 0 saturated heterocycles. The molecule has 0 radical (unpaired) electrons. The summed E-state index contributed by atoms with van der Waals surface area (Å²) in [7, 11) is 0. The fourth-order valence-electron chi connectivity index (χ4n) is 2.41. The number of aromatic nitrogens is 2. The molecule has 0 amide bonds. The van der Waals surface area contributed by atoms with E-state index >= 15 is 0 Å². The topological polar surface area (TPSA) is 67.6 Å². The van der Waals surface area contributed by atoms with Gasteiger partial charge in [0.05, 0.1) is 28.4 Å². The monoisotopic (exact) mass is 280 g/mol. The van der Waals surface area contributed by atoms with Gasteiger partial charge in [0.15, 0.2) is 0 Å². The lowest BCUT2D eigenvalue weighted by atomic mass is 10.2. The molecular formula is C16H13FN4. The number of fused-ring (bicyclic) bond motifs is 1. The van der Waals surface area contributed by atoms with Crippen molar-refractivity contribution in [3.8, 4) is 11.8 Å². The molecule has 3 aromatic rings. The van der Waals surface area contributed by atoms with Crippen molar-refractivity contribution in [1.29, 1.82) is 5.26 Å². The maximum atomic E-state index is 14.3. The molecule has 4 nitrogen and oxygen atoms in total. The number of nitrogen functional groups attached to an aromatic ring is 1. The first-order valence-electron chi connectivity index (χ1n) is 6.61. The second-order valence-corrected chi connectivity index (χ2v) is 4.74. The van der Waals surface area contributed by atoms with Gasteiger partial charge in [-0.2, -0.15) is 5.26 Å². The van der Waals surface area contributed by atoms with Gasteiger partial charge < -0.3 is 5.73 Å². The fourth-order valence-corrected chi connectivity index (χ4v) is 2.41. The van der Waals surface area contributed by atoms with E-state index in [1.54, 1.807) is 28.8 Å². The lowest BCUT2D eigenvalue weighted by Crippen LogP contribution is -2.03. The van der Waals surface area contributed by atoms with Gasteiger partial charge in [0.25, 0.3) is 0 Å². The van der Waals surface area contributed by atoms with Gasteiger partial charge in [0.1, 0.15) is 11.6 Å². The summed E-state index contributed by atoms with van der Waals surface area (Å²) in [5.74, 6) is 0.305. The number of halogens is 1. The van der Waals surface area contributed by atoms with E-state index in [0.717, 1.165) is 16.9 Å². The average molecular weight is 280 g/mol. The van der Waals surface area contributed by atoms with Gasteiger partial charge in [0.2, 0.25) is 0 Å². The van der Waals surface area contributed by atoms with Crippen molar-refractivity contribution < 1.29 is 4.39 Å². The predicted molar refractivity (Wildman–Crippen MR) is 79.5 cm³/mol. The SMILES string of the molecule is CCc1nc2cc(N)ccc2n1-c1ccc(C#N)cc1F. The number of aryl methyl sites for hydroxylation is 1. The van der Waals surface area contributed by atoms with Crippen LogP contribution in [0.5, 0.6) is 0 Å². The Bertz CT molecular complexity index is 874. The molecule has 0 aliphatic carbocycles. The summed E-state index contributed by atoms with van der Waals surface area (Å²) in [4.78, 5) is 4.50. The highest BCUT2D eigenvalue weighted by Crippen LogP contribution is 2.25. The van der Waals surface area contributed by atoms with Gasteiger partial charge in [-0.3, -0.25) is 4.57 Å². The molecule has 2 N–H and O–H groups in total. The van der Waals surface area contributed by atoms with Crippen LogP contribution in [-0.4, -0.2) is 9.55 Å². The molecule has 5 heteroatoms. The van der Waals surface area contributed by atoms with E-state index in [9.17, 15) is 4.39 Å². The molecule has 2 aromatic carbocycles. The van der Waals surface area contributed by atoms with Crippen molar-refractivity contribution in [2.75, 3.05) is 5.73 Å². The summed E-state index contributed by atoms with van der Waals surface area (Å²) in [5.41, 5.74) is 8.60. The van der Waals surface area contributed by atoms with Crippen LogP contribution in [0.3, 0.4) is 0 Å². The largest absolute Gasteiger partial charge is 0.399 e. The molecule has 104 valence electrons.